The number of benzene rings is 2. The van der Waals surface area contributed by atoms with Crippen molar-refractivity contribution < 1.29 is 23.5 Å². The Morgan fingerprint density at radius 2 is 1.69 bits per heavy atom. The molecule has 2 heterocycles. The van der Waals surface area contributed by atoms with Crippen LogP contribution in [0.25, 0.3) is 16.9 Å². The van der Waals surface area contributed by atoms with E-state index in [2.05, 4.69) is 20.7 Å². The Morgan fingerprint density at radius 1 is 0.949 bits per heavy atom. The van der Waals surface area contributed by atoms with E-state index >= 15 is 0 Å². The monoisotopic (exact) mass is 551 g/mol. The van der Waals surface area contributed by atoms with Gasteiger partial charge in [-0.2, -0.15) is 5.10 Å². The van der Waals surface area contributed by atoms with E-state index in [1.165, 1.54) is 23.0 Å². The maximum atomic E-state index is 14.7. The predicted molar refractivity (Wildman–Crippen MR) is 142 cm³/mol. The maximum Gasteiger partial charge on any atom is 0.272 e. The molecule has 1 saturated carbocycles. The number of halogens is 3. The average molecular weight is 552 g/mol. The van der Waals surface area contributed by atoms with Crippen molar-refractivity contribution in [3.63, 3.8) is 0 Å². The number of rotatable bonds is 6. The number of aliphatic hydroxyl groups excluding tert-OH is 1. The summed E-state index contributed by atoms with van der Waals surface area (Å²) >= 11 is 6.20. The largest absolute Gasteiger partial charge is 0.393 e. The first-order valence-electron chi connectivity index (χ1n) is 12.4. The van der Waals surface area contributed by atoms with Gasteiger partial charge in [0.25, 0.3) is 11.8 Å². The number of pyridine rings is 1. The molecule has 2 aromatic heterocycles. The normalized spacial score (nSPS) is 17.0. The van der Waals surface area contributed by atoms with Crippen LogP contribution in [-0.4, -0.2) is 43.8 Å². The van der Waals surface area contributed by atoms with Crippen molar-refractivity contribution in [1.29, 1.82) is 0 Å². The molecule has 8 nitrogen and oxygen atoms in total. The zero-order valence-corrected chi connectivity index (χ0v) is 21.3. The van der Waals surface area contributed by atoms with E-state index in [-0.39, 0.29) is 45.5 Å². The molecule has 1 aliphatic carbocycles. The van der Waals surface area contributed by atoms with Crippen molar-refractivity contribution in [1.82, 2.24) is 20.1 Å². The summed E-state index contributed by atoms with van der Waals surface area (Å²) in [4.78, 5) is 30.2. The second kappa shape index (κ2) is 11.3. The predicted octanol–water partition coefficient (Wildman–Crippen LogP) is 5.15. The summed E-state index contributed by atoms with van der Waals surface area (Å²) in [7, 11) is 0. The Morgan fingerprint density at radius 3 is 2.41 bits per heavy atom. The lowest BCUT2D eigenvalue weighted by molar-refractivity contribution is 0.0862. The third-order valence-electron chi connectivity index (χ3n) is 6.53. The van der Waals surface area contributed by atoms with Gasteiger partial charge >= 0.3 is 0 Å². The van der Waals surface area contributed by atoms with Gasteiger partial charge in [-0.05, 0) is 62.1 Å². The highest BCUT2D eigenvalue weighted by Gasteiger charge is 2.25. The molecule has 1 aliphatic rings. The molecule has 200 valence electrons. The van der Waals surface area contributed by atoms with Gasteiger partial charge < -0.3 is 15.7 Å². The summed E-state index contributed by atoms with van der Waals surface area (Å²) in [5, 5.41) is 19.6. The number of hydrogen-bond donors (Lipinski definition) is 3. The number of aliphatic hydroxyl groups is 1. The average Bonchev–Trinajstić information content (AvgIpc) is 3.35. The SMILES string of the molecule is O=C(NC1CCC(O)CC1)c1cc(NC(=O)c2cc(-c3ncccc3F)c(F)cc2Cl)n(-c2ccccc2)n1. The van der Waals surface area contributed by atoms with Crippen LogP contribution in [0.5, 0.6) is 0 Å². The molecule has 0 spiro atoms. The van der Waals surface area contributed by atoms with E-state index in [9.17, 15) is 23.5 Å². The Balaban J connectivity index is 1.45. The lowest BCUT2D eigenvalue weighted by atomic mass is 9.93. The van der Waals surface area contributed by atoms with Crippen LogP contribution in [0, 0.1) is 11.6 Å². The van der Waals surface area contributed by atoms with Gasteiger partial charge in [0, 0.05) is 23.9 Å². The van der Waals surface area contributed by atoms with Gasteiger partial charge in [0.2, 0.25) is 0 Å². The van der Waals surface area contributed by atoms with Crippen molar-refractivity contribution >= 4 is 29.2 Å². The Hall–Kier alpha value is -4.15. The second-order valence-electron chi connectivity index (χ2n) is 9.24. The number of hydrogen-bond acceptors (Lipinski definition) is 5. The molecule has 0 aliphatic heterocycles. The van der Waals surface area contributed by atoms with Crippen LogP contribution in [0.2, 0.25) is 5.02 Å². The van der Waals surface area contributed by atoms with Crippen LogP contribution in [-0.2, 0) is 0 Å². The highest BCUT2D eigenvalue weighted by molar-refractivity contribution is 6.34. The number of carbonyl (C=O) groups is 2. The fraction of sp³-hybridized carbons (Fsp3) is 0.214. The first kappa shape index (κ1) is 26.5. The van der Waals surface area contributed by atoms with E-state index in [0.717, 1.165) is 18.2 Å². The first-order chi connectivity index (χ1) is 18.8. The molecule has 0 bridgehead atoms. The second-order valence-corrected chi connectivity index (χ2v) is 9.65. The highest BCUT2D eigenvalue weighted by Crippen LogP contribution is 2.30. The molecule has 11 heteroatoms. The number of amides is 2. The Bertz CT molecular complexity index is 1520. The van der Waals surface area contributed by atoms with Crippen LogP contribution in [0.3, 0.4) is 0 Å². The van der Waals surface area contributed by atoms with E-state index in [1.54, 1.807) is 24.3 Å². The van der Waals surface area contributed by atoms with E-state index < -0.39 is 23.4 Å². The Kier molecular flexibility index (Phi) is 7.67. The molecule has 0 atom stereocenters. The minimum Gasteiger partial charge on any atom is -0.393 e. The van der Waals surface area contributed by atoms with E-state index in [1.807, 2.05) is 6.07 Å². The zero-order chi connectivity index (χ0) is 27.5. The molecule has 2 amide bonds. The van der Waals surface area contributed by atoms with Crippen molar-refractivity contribution in [2.24, 2.45) is 0 Å². The Labute approximate surface area is 227 Å². The summed E-state index contributed by atoms with van der Waals surface area (Å²) in [6.45, 7) is 0. The van der Waals surface area contributed by atoms with Crippen LogP contribution in [0.4, 0.5) is 14.6 Å². The minimum atomic E-state index is -0.835. The molecule has 5 rings (SSSR count). The summed E-state index contributed by atoms with van der Waals surface area (Å²) in [5.74, 6) is -2.56. The standard InChI is InChI=1S/C28H24ClF2N5O3/c29-21-14-23(31)20(26-22(30)7-4-12-32-26)13-19(21)27(38)34-25-15-24(35-36(25)17-5-2-1-3-6-17)28(39)33-16-8-10-18(37)11-9-16/h1-7,12-16,18,37H,8-11H2,(H,33,39)(H,34,38). The van der Waals surface area contributed by atoms with Crippen molar-refractivity contribution in [2.75, 3.05) is 5.32 Å². The zero-order valence-electron chi connectivity index (χ0n) is 20.6. The number of carbonyl (C=O) groups excluding carboxylic acids is 2. The molecule has 0 unspecified atom stereocenters. The molecule has 0 radical (unpaired) electrons. The molecule has 0 saturated heterocycles. The van der Waals surface area contributed by atoms with Gasteiger partial charge in [-0.25, -0.2) is 13.5 Å². The van der Waals surface area contributed by atoms with Crippen molar-refractivity contribution in [3.8, 4) is 16.9 Å². The van der Waals surface area contributed by atoms with Gasteiger partial charge in [-0.3, -0.25) is 14.6 Å². The van der Waals surface area contributed by atoms with E-state index in [0.29, 0.717) is 31.4 Å². The molecule has 2 aromatic carbocycles. The maximum absolute atomic E-state index is 14.7. The summed E-state index contributed by atoms with van der Waals surface area (Å²) < 4.78 is 30.4. The fourth-order valence-corrected chi connectivity index (χ4v) is 4.73. The molecule has 1 fully saturated rings. The third-order valence-corrected chi connectivity index (χ3v) is 6.84. The number of nitrogens with zero attached hydrogens (tertiary/aromatic N) is 3. The third kappa shape index (κ3) is 5.81. The highest BCUT2D eigenvalue weighted by atomic mass is 35.5. The molecule has 39 heavy (non-hydrogen) atoms. The van der Waals surface area contributed by atoms with Crippen molar-refractivity contribution in [3.05, 3.63) is 94.8 Å². The summed E-state index contributed by atoms with van der Waals surface area (Å²) in [6.07, 6.45) is 3.47. The molecule has 3 N–H and O–H groups in total. The van der Waals surface area contributed by atoms with Gasteiger partial charge in [0.05, 0.1) is 22.4 Å². The van der Waals surface area contributed by atoms with Crippen LogP contribution in [0.15, 0.2) is 66.9 Å². The van der Waals surface area contributed by atoms with Crippen LogP contribution >= 0.6 is 11.6 Å². The van der Waals surface area contributed by atoms with Gasteiger partial charge in [0.1, 0.15) is 23.1 Å². The number of para-hydroxylation sites is 1. The molecule has 4 aromatic rings. The van der Waals surface area contributed by atoms with E-state index in [4.69, 9.17) is 11.6 Å². The lowest BCUT2D eigenvalue weighted by Gasteiger charge is -2.25. The van der Waals surface area contributed by atoms with Crippen LogP contribution < -0.4 is 10.6 Å². The number of nitrogens with one attached hydrogen (secondary N) is 2. The molecular weight excluding hydrogens is 528 g/mol. The number of anilines is 1. The minimum absolute atomic E-state index is 0.0710. The topological polar surface area (TPSA) is 109 Å². The quantitative estimate of drug-likeness (QED) is 0.307. The molecular formula is C28H24ClF2N5O3. The lowest BCUT2D eigenvalue weighted by Crippen LogP contribution is -2.38. The van der Waals surface area contributed by atoms with Gasteiger partial charge in [0.15, 0.2) is 5.69 Å². The fourth-order valence-electron chi connectivity index (χ4n) is 4.50. The smallest absolute Gasteiger partial charge is 0.272 e. The number of aromatic nitrogens is 3. The summed E-state index contributed by atoms with van der Waals surface area (Å²) in [6, 6.07) is 14.8. The van der Waals surface area contributed by atoms with Crippen LogP contribution in [0.1, 0.15) is 46.5 Å². The van der Waals surface area contributed by atoms with Gasteiger partial charge in [-0.15, -0.1) is 0 Å². The first-order valence-corrected chi connectivity index (χ1v) is 12.7. The van der Waals surface area contributed by atoms with Gasteiger partial charge in [-0.1, -0.05) is 29.8 Å². The van der Waals surface area contributed by atoms with Crippen molar-refractivity contribution in [2.45, 2.75) is 37.8 Å². The summed E-state index contributed by atoms with van der Waals surface area (Å²) in [5.41, 5.74) is 0.0441.